The monoisotopic (exact) mass is 210 g/mol. The molecule has 1 aliphatic heterocycles. The number of ether oxygens (including phenoxy) is 2. The third kappa shape index (κ3) is 1.85. The predicted octanol–water partition coefficient (Wildman–Crippen LogP) is 2.99. The summed E-state index contributed by atoms with van der Waals surface area (Å²) >= 11 is 0. The molecule has 1 saturated heterocycles. The van der Waals surface area contributed by atoms with Gasteiger partial charge in [-0.3, -0.25) is 0 Å². The van der Waals surface area contributed by atoms with E-state index < -0.39 is 0 Å². The Morgan fingerprint density at radius 3 is 2.33 bits per heavy atom. The standard InChI is InChI=1S/C13H22O2/c1-9-5-10(2)13(11(3)6-9)7-14-12(4)15-8-13/h5,10-12H,6-8H2,1-4H3/t10-,11+,12?,13?/m1/s1. The van der Waals surface area contributed by atoms with Crippen molar-refractivity contribution >= 4 is 0 Å². The molecular formula is C13H22O2. The molecule has 2 aliphatic rings. The van der Waals surface area contributed by atoms with E-state index in [0.29, 0.717) is 11.8 Å². The molecule has 2 nitrogen and oxygen atoms in total. The molecule has 1 aliphatic carbocycles. The Bertz CT molecular complexity index is 262. The molecule has 0 aromatic heterocycles. The second kappa shape index (κ2) is 3.91. The molecule has 2 rings (SSSR count). The van der Waals surface area contributed by atoms with Crippen molar-refractivity contribution in [2.45, 2.75) is 40.4 Å². The van der Waals surface area contributed by atoms with E-state index in [9.17, 15) is 0 Å². The minimum absolute atomic E-state index is 0.0259. The molecule has 0 aromatic carbocycles. The van der Waals surface area contributed by atoms with Crippen LogP contribution in [0.1, 0.15) is 34.1 Å². The van der Waals surface area contributed by atoms with Gasteiger partial charge in [-0.25, -0.2) is 0 Å². The van der Waals surface area contributed by atoms with Gasteiger partial charge in [-0.2, -0.15) is 0 Å². The molecular weight excluding hydrogens is 188 g/mol. The van der Waals surface area contributed by atoms with Crippen molar-refractivity contribution in [1.82, 2.24) is 0 Å². The minimum atomic E-state index is -0.0259. The van der Waals surface area contributed by atoms with E-state index in [1.54, 1.807) is 0 Å². The first-order valence-corrected chi connectivity index (χ1v) is 5.95. The molecule has 0 N–H and O–H groups in total. The fourth-order valence-corrected chi connectivity index (χ4v) is 2.98. The van der Waals surface area contributed by atoms with Gasteiger partial charge < -0.3 is 9.47 Å². The number of allylic oxidation sites excluding steroid dienone is 2. The first-order chi connectivity index (χ1) is 7.04. The maximum absolute atomic E-state index is 5.70. The van der Waals surface area contributed by atoms with Crippen LogP contribution in [-0.4, -0.2) is 19.5 Å². The summed E-state index contributed by atoms with van der Waals surface area (Å²) < 4.78 is 11.4. The lowest BCUT2D eigenvalue weighted by Gasteiger charge is -2.49. The molecule has 0 amide bonds. The largest absolute Gasteiger partial charge is 0.352 e. The molecule has 1 spiro atoms. The van der Waals surface area contributed by atoms with E-state index in [4.69, 9.17) is 9.47 Å². The first kappa shape index (κ1) is 11.2. The van der Waals surface area contributed by atoms with Gasteiger partial charge in [-0.15, -0.1) is 0 Å². The highest BCUT2D eigenvalue weighted by Gasteiger charge is 2.46. The van der Waals surface area contributed by atoms with Crippen LogP contribution in [0, 0.1) is 17.3 Å². The second-order valence-corrected chi connectivity index (χ2v) is 5.33. The van der Waals surface area contributed by atoms with Gasteiger partial charge in [0.25, 0.3) is 0 Å². The van der Waals surface area contributed by atoms with Gasteiger partial charge in [-0.05, 0) is 32.1 Å². The van der Waals surface area contributed by atoms with E-state index in [1.807, 2.05) is 6.92 Å². The molecule has 0 bridgehead atoms. The summed E-state index contributed by atoms with van der Waals surface area (Å²) in [6.45, 7) is 10.5. The smallest absolute Gasteiger partial charge is 0.154 e. The highest BCUT2D eigenvalue weighted by Crippen LogP contribution is 2.46. The summed E-state index contributed by atoms with van der Waals surface area (Å²) in [5, 5.41) is 0. The maximum atomic E-state index is 5.70. The van der Waals surface area contributed by atoms with Crippen LogP contribution in [0.4, 0.5) is 0 Å². The maximum Gasteiger partial charge on any atom is 0.154 e. The Morgan fingerprint density at radius 1 is 1.20 bits per heavy atom. The zero-order valence-corrected chi connectivity index (χ0v) is 10.2. The average Bonchev–Trinajstić information content (AvgIpc) is 2.16. The molecule has 1 fully saturated rings. The normalized spacial score (nSPS) is 46.7. The lowest BCUT2D eigenvalue weighted by molar-refractivity contribution is -0.242. The summed E-state index contributed by atoms with van der Waals surface area (Å²) in [5.74, 6) is 1.22. The lowest BCUT2D eigenvalue weighted by Crippen LogP contribution is -2.50. The van der Waals surface area contributed by atoms with E-state index in [-0.39, 0.29) is 11.7 Å². The Hall–Kier alpha value is -0.340. The molecule has 15 heavy (non-hydrogen) atoms. The number of hydrogen-bond donors (Lipinski definition) is 0. The van der Waals surface area contributed by atoms with Crippen molar-refractivity contribution in [3.8, 4) is 0 Å². The van der Waals surface area contributed by atoms with Gasteiger partial charge in [0.05, 0.1) is 13.2 Å². The van der Waals surface area contributed by atoms with Crippen molar-refractivity contribution in [2.24, 2.45) is 17.3 Å². The third-order valence-electron chi connectivity index (χ3n) is 4.22. The van der Waals surface area contributed by atoms with Crippen LogP contribution in [0.25, 0.3) is 0 Å². The summed E-state index contributed by atoms with van der Waals surface area (Å²) in [6, 6.07) is 0. The van der Waals surface area contributed by atoms with Crippen LogP contribution in [0.15, 0.2) is 11.6 Å². The Labute approximate surface area is 92.6 Å². The highest BCUT2D eigenvalue weighted by molar-refractivity contribution is 5.13. The Morgan fingerprint density at radius 2 is 1.80 bits per heavy atom. The summed E-state index contributed by atoms with van der Waals surface area (Å²) in [4.78, 5) is 0. The fraction of sp³-hybridized carbons (Fsp3) is 0.846. The molecule has 1 heterocycles. The van der Waals surface area contributed by atoms with Gasteiger partial charge in [0.2, 0.25) is 0 Å². The topological polar surface area (TPSA) is 18.5 Å². The SMILES string of the molecule is CC1=C[C@@H](C)C2(COC(C)OC2)[C@@H](C)C1. The van der Waals surface area contributed by atoms with Crippen molar-refractivity contribution in [3.63, 3.8) is 0 Å². The summed E-state index contributed by atoms with van der Waals surface area (Å²) in [7, 11) is 0. The summed E-state index contributed by atoms with van der Waals surface area (Å²) in [6.07, 6.45) is 3.55. The molecule has 2 heteroatoms. The number of rotatable bonds is 0. The van der Waals surface area contributed by atoms with Crippen LogP contribution in [-0.2, 0) is 9.47 Å². The Kier molecular flexibility index (Phi) is 2.91. The predicted molar refractivity (Wildman–Crippen MR) is 60.5 cm³/mol. The zero-order valence-electron chi connectivity index (χ0n) is 10.2. The average molecular weight is 210 g/mol. The van der Waals surface area contributed by atoms with Crippen molar-refractivity contribution < 1.29 is 9.47 Å². The van der Waals surface area contributed by atoms with Crippen LogP contribution in [0.3, 0.4) is 0 Å². The molecule has 0 radical (unpaired) electrons. The van der Waals surface area contributed by atoms with Gasteiger partial charge in [0.15, 0.2) is 6.29 Å². The second-order valence-electron chi connectivity index (χ2n) is 5.33. The van der Waals surface area contributed by atoms with E-state index >= 15 is 0 Å². The van der Waals surface area contributed by atoms with Crippen LogP contribution < -0.4 is 0 Å². The molecule has 0 aromatic rings. The van der Waals surface area contributed by atoms with E-state index in [0.717, 1.165) is 13.2 Å². The quantitative estimate of drug-likeness (QED) is 0.572. The van der Waals surface area contributed by atoms with E-state index in [2.05, 4.69) is 26.8 Å². The number of hydrogen-bond acceptors (Lipinski definition) is 2. The van der Waals surface area contributed by atoms with E-state index in [1.165, 1.54) is 12.0 Å². The van der Waals surface area contributed by atoms with Gasteiger partial charge in [-0.1, -0.05) is 25.5 Å². The zero-order chi connectivity index (χ0) is 11.1. The molecule has 0 unspecified atom stereocenters. The minimum Gasteiger partial charge on any atom is -0.352 e. The van der Waals surface area contributed by atoms with Gasteiger partial charge in [0, 0.05) is 5.41 Å². The Balaban J connectivity index is 2.19. The highest BCUT2D eigenvalue weighted by atomic mass is 16.7. The molecule has 86 valence electrons. The van der Waals surface area contributed by atoms with Crippen molar-refractivity contribution in [2.75, 3.05) is 13.2 Å². The third-order valence-corrected chi connectivity index (χ3v) is 4.22. The van der Waals surface area contributed by atoms with Crippen LogP contribution >= 0.6 is 0 Å². The summed E-state index contributed by atoms with van der Waals surface area (Å²) in [5.41, 5.74) is 1.73. The van der Waals surface area contributed by atoms with Crippen LogP contribution in [0.2, 0.25) is 0 Å². The van der Waals surface area contributed by atoms with Crippen molar-refractivity contribution in [3.05, 3.63) is 11.6 Å². The molecule has 2 atom stereocenters. The van der Waals surface area contributed by atoms with Crippen LogP contribution in [0.5, 0.6) is 0 Å². The van der Waals surface area contributed by atoms with Gasteiger partial charge >= 0.3 is 0 Å². The molecule has 0 saturated carbocycles. The van der Waals surface area contributed by atoms with Crippen molar-refractivity contribution in [1.29, 1.82) is 0 Å². The first-order valence-electron chi connectivity index (χ1n) is 5.95. The van der Waals surface area contributed by atoms with Gasteiger partial charge in [0.1, 0.15) is 0 Å². The lowest BCUT2D eigenvalue weighted by atomic mass is 9.63. The fourth-order valence-electron chi connectivity index (χ4n) is 2.98.